The number of rotatable bonds is 3. The van der Waals surface area contributed by atoms with Gasteiger partial charge in [-0.05, 0) is 31.8 Å². The monoisotopic (exact) mass is 214 g/mol. The maximum absolute atomic E-state index is 9.82. The number of piperidine rings is 1. The van der Waals surface area contributed by atoms with Gasteiger partial charge in [0.25, 0.3) is 0 Å². The van der Waals surface area contributed by atoms with Gasteiger partial charge in [0.15, 0.2) is 0 Å². The van der Waals surface area contributed by atoms with E-state index in [1.165, 1.54) is 0 Å². The van der Waals surface area contributed by atoms with Crippen LogP contribution in [0, 0.1) is 5.92 Å². The van der Waals surface area contributed by atoms with Gasteiger partial charge in [-0.3, -0.25) is 4.90 Å². The molecule has 0 saturated carbocycles. The molecule has 2 rings (SSSR count). The molecular weight excluding hydrogens is 192 g/mol. The Morgan fingerprint density at radius 2 is 2.13 bits per heavy atom. The second-order valence-electron chi connectivity index (χ2n) is 4.56. The van der Waals surface area contributed by atoms with E-state index in [4.69, 9.17) is 4.74 Å². The Balaban J connectivity index is 1.67. The first-order chi connectivity index (χ1) is 7.36. The van der Waals surface area contributed by atoms with E-state index in [0.717, 1.165) is 58.8 Å². The molecule has 4 nitrogen and oxygen atoms in total. The summed E-state index contributed by atoms with van der Waals surface area (Å²) in [7, 11) is 0. The summed E-state index contributed by atoms with van der Waals surface area (Å²) >= 11 is 0. The predicted octanol–water partition coefficient (Wildman–Crippen LogP) is -0.321. The summed E-state index contributed by atoms with van der Waals surface area (Å²) in [5.74, 6) is 0.446. The molecular formula is C11H22N2O2. The van der Waals surface area contributed by atoms with Crippen LogP contribution >= 0.6 is 0 Å². The second kappa shape index (κ2) is 5.80. The van der Waals surface area contributed by atoms with E-state index < -0.39 is 0 Å². The molecule has 2 atom stereocenters. The van der Waals surface area contributed by atoms with Gasteiger partial charge >= 0.3 is 0 Å². The van der Waals surface area contributed by atoms with Gasteiger partial charge in [-0.25, -0.2) is 0 Å². The van der Waals surface area contributed by atoms with E-state index >= 15 is 0 Å². The normalized spacial score (nSPS) is 34.2. The van der Waals surface area contributed by atoms with Crippen LogP contribution in [0.5, 0.6) is 0 Å². The molecule has 2 aliphatic heterocycles. The highest BCUT2D eigenvalue weighted by Crippen LogP contribution is 2.15. The minimum absolute atomic E-state index is 0.0905. The van der Waals surface area contributed by atoms with Gasteiger partial charge in [0.05, 0.1) is 19.3 Å². The number of hydrogen-bond acceptors (Lipinski definition) is 4. The summed E-state index contributed by atoms with van der Waals surface area (Å²) in [5.41, 5.74) is 0. The van der Waals surface area contributed by atoms with E-state index in [0.29, 0.717) is 5.92 Å². The summed E-state index contributed by atoms with van der Waals surface area (Å²) < 4.78 is 5.31. The maximum atomic E-state index is 9.82. The van der Waals surface area contributed by atoms with Crippen molar-refractivity contribution >= 4 is 0 Å². The minimum atomic E-state index is -0.0905. The molecule has 2 unspecified atom stereocenters. The van der Waals surface area contributed by atoms with Crippen LogP contribution in [0.1, 0.15) is 12.8 Å². The number of hydrogen-bond donors (Lipinski definition) is 2. The van der Waals surface area contributed by atoms with Crippen LogP contribution in [0.4, 0.5) is 0 Å². The van der Waals surface area contributed by atoms with Gasteiger partial charge in [0.1, 0.15) is 0 Å². The highest BCUT2D eigenvalue weighted by Gasteiger charge is 2.23. The fraction of sp³-hybridized carbons (Fsp3) is 1.00. The zero-order valence-electron chi connectivity index (χ0n) is 9.32. The summed E-state index contributed by atoms with van der Waals surface area (Å²) in [5, 5.41) is 13.2. The molecule has 0 spiro atoms. The Bertz CT molecular complexity index is 183. The Kier molecular flexibility index (Phi) is 4.38. The molecule has 0 aromatic rings. The summed E-state index contributed by atoms with van der Waals surface area (Å²) in [6.07, 6.45) is 1.93. The molecule has 2 N–H and O–H groups in total. The van der Waals surface area contributed by atoms with Crippen molar-refractivity contribution in [3.63, 3.8) is 0 Å². The van der Waals surface area contributed by atoms with Gasteiger partial charge in [-0.1, -0.05) is 0 Å². The van der Waals surface area contributed by atoms with Crippen molar-refractivity contribution in [1.29, 1.82) is 0 Å². The molecule has 2 aliphatic rings. The van der Waals surface area contributed by atoms with Gasteiger partial charge < -0.3 is 15.2 Å². The third-order valence-corrected chi connectivity index (χ3v) is 3.49. The number of aliphatic hydroxyl groups excluding tert-OH is 1. The van der Waals surface area contributed by atoms with Crippen LogP contribution in [-0.4, -0.2) is 62.0 Å². The number of nitrogens with one attached hydrogen (secondary N) is 1. The first kappa shape index (κ1) is 11.3. The van der Waals surface area contributed by atoms with E-state index in [9.17, 15) is 5.11 Å². The SMILES string of the molecule is OC1CCNCC1CCN1CCOCC1. The molecule has 2 fully saturated rings. The van der Waals surface area contributed by atoms with Crippen LogP contribution < -0.4 is 5.32 Å². The smallest absolute Gasteiger partial charge is 0.0594 e. The lowest BCUT2D eigenvalue weighted by Crippen LogP contribution is -2.43. The van der Waals surface area contributed by atoms with Gasteiger partial charge in [-0.2, -0.15) is 0 Å². The second-order valence-corrected chi connectivity index (χ2v) is 4.56. The fourth-order valence-corrected chi connectivity index (χ4v) is 2.38. The third-order valence-electron chi connectivity index (χ3n) is 3.49. The van der Waals surface area contributed by atoms with Crippen LogP contribution in [0.15, 0.2) is 0 Å². The molecule has 4 heteroatoms. The molecule has 15 heavy (non-hydrogen) atoms. The lowest BCUT2D eigenvalue weighted by Gasteiger charge is -2.32. The first-order valence-corrected chi connectivity index (χ1v) is 6.05. The third kappa shape index (κ3) is 3.41. The zero-order valence-corrected chi connectivity index (χ0v) is 9.32. The van der Waals surface area contributed by atoms with Crippen molar-refractivity contribution in [2.24, 2.45) is 5.92 Å². The molecule has 0 radical (unpaired) electrons. The van der Waals surface area contributed by atoms with Crippen molar-refractivity contribution in [3.8, 4) is 0 Å². The van der Waals surface area contributed by atoms with Crippen molar-refractivity contribution < 1.29 is 9.84 Å². The van der Waals surface area contributed by atoms with Gasteiger partial charge in [-0.15, -0.1) is 0 Å². The predicted molar refractivity (Wildman–Crippen MR) is 58.9 cm³/mol. The van der Waals surface area contributed by atoms with Gasteiger partial charge in [0.2, 0.25) is 0 Å². The van der Waals surface area contributed by atoms with Crippen LogP contribution in [0.25, 0.3) is 0 Å². The van der Waals surface area contributed by atoms with Crippen molar-refractivity contribution in [3.05, 3.63) is 0 Å². The Morgan fingerprint density at radius 3 is 2.87 bits per heavy atom. The zero-order chi connectivity index (χ0) is 10.5. The largest absolute Gasteiger partial charge is 0.393 e. The molecule has 0 aromatic heterocycles. The quantitative estimate of drug-likeness (QED) is 0.676. The maximum Gasteiger partial charge on any atom is 0.0594 e. The van der Waals surface area contributed by atoms with Crippen molar-refractivity contribution in [2.75, 3.05) is 45.9 Å². The molecule has 2 saturated heterocycles. The van der Waals surface area contributed by atoms with Crippen LogP contribution in [-0.2, 0) is 4.74 Å². The van der Waals surface area contributed by atoms with Crippen LogP contribution in [0.3, 0.4) is 0 Å². The van der Waals surface area contributed by atoms with Gasteiger partial charge in [0, 0.05) is 19.6 Å². The molecule has 0 bridgehead atoms. The molecule has 0 aromatic carbocycles. The number of nitrogens with zero attached hydrogens (tertiary/aromatic N) is 1. The molecule has 88 valence electrons. The minimum Gasteiger partial charge on any atom is -0.393 e. The average Bonchev–Trinajstić information content (AvgIpc) is 2.29. The Hall–Kier alpha value is -0.160. The van der Waals surface area contributed by atoms with Crippen molar-refractivity contribution in [1.82, 2.24) is 10.2 Å². The summed E-state index contributed by atoms with van der Waals surface area (Å²) in [4.78, 5) is 2.44. The highest BCUT2D eigenvalue weighted by molar-refractivity contribution is 4.78. The lowest BCUT2D eigenvalue weighted by molar-refractivity contribution is 0.0249. The molecule has 0 aliphatic carbocycles. The number of ether oxygens (including phenoxy) is 1. The first-order valence-electron chi connectivity index (χ1n) is 6.05. The van der Waals surface area contributed by atoms with E-state index in [1.54, 1.807) is 0 Å². The number of morpholine rings is 1. The number of aliphatic hydroxyl groups is 1. The van der Waals surface area contributed by atoms with Crippen molar-refractivity contribution in [2.45, 2.75) is 18.9 Å². The van der Waals surface area contributed by atoms with E-state index in [2.05, 4.69) is 10.2 Å². The molecule has 2 heterocycles. The lowest BCUT2D eigenvalue weighted by atomic mass is 9.93. The molecule has 0 amide bonds. The van der Waals surface area contributed by atoms with Crippen LogP contribution in [0.2, 0.25) is 0 Å². The Morgan fingerprint density at radius 1 is 1.33 bits per heavy atom. The highest BCUT2D eigenvalue weighted by atomic mass is 16.5. The van der Waals surface area contributed by atoms with E-state index in [1.807, 2.05) is 0 Å². The summed E-state index contributed by atoms with van der Waals surface area (Å²) in [6, 6.07) is 0. The standard InChI is InChI=1S/C11H22N2O2/c14-11-1-3-12-9-10(11)2-4-13-5-7-15-8-6-13/h10-12,14H,1-9H2. The van der Waals surface area contributed by atoms with E-state index in [-0.39, 0.29) is 6.10 Å². The average molecular weight is 214 g/mol. The topological polar surface area (TPSA) is 44.7 Å². The Labute approximate surface area is 91.6 Å². The fourth-order valence-electron chi connectivity index (χ4n) is 2.38. The summed E-state index contributed by atoms with van der Waals surface area (Å²) in [6.45, 7) is 6.89.